The molecule has 1 spiro atoms. The number of aliphatic hydroxyl groups is 1. The molecule has 5 heteroatoms. The summed E-state index contributed by atoms with van der Waals surface area (Å²) in [6.07, 6.45) is 0.170. The average Bonchev–Trinajstić information content (AvgIpc) is 2.68. The lowest BCUT2D eigenvalue weighted by atomic mass is 9.73. The molecule has 0 amide bonds. The van der Waals surface area contributed by atoms with Gasteiger partial charge in [-0.3, -0.25) is 0 Å². The number of ether oxygens (including phenoxy) is 4. The van der Waals surface area contributed by atoms with Crippen molar-refractivity contribution in [3.63, 3.8) is 0 Å². The van der Waals surface area contributed by atoms with Crippen LogP contribution in [-0.2, 0) is 18.9 Å². The van der Waals surface area contributed by atoms with Gasteiger partial charge in [-0.1, -0.05) is 0 Å². The van der Waals surface area contributed by atoms with Crippen molar-refractivity contribution in [1.82, 2.24) is 0 Å². The summed E-state index contributed by atoms with van der Waals surface area (Å²) in [6.45, 7) is 3.74. The quantitative estimate of drug-likeness (QED) is 0.706. The van der Waals surface area contributed by atoms with Crippen LogP contribution in [0.4, 0.5) is 0 Å². The number of hydrogen-bond donors (Lipinski definition) is 1. The summed E-state index contributed by atoms with van der Waals surface area (Å²) < 4.78 is 22.7. The van der Waals surface area contributed by atoms with Gasteiger partial charge >= 0.3 is 0 Å². The second-order valence-electron chi connectivity index (χ2n) is 5.25. The van der Waals surface area contributed by atoms with Crippen molar-refractivity contribution in [3.8, 4) is 0 Å². The Labute approximate surface area is 94.6 Å². The lowest BCUT2D eigenvalue weighted by Crippen LogP contribution is -2.59. The van der Waals surface area contributed by atoms with E-state index in [9.17, 15) is 5.11 Å². The molecule has 0 radical (unpaired) electrons. The Morgan fingerprint density at radius 2 is 2.00 bits per heavy atom. The van der Waals surface area contributed by atoms with Crippen LogP contribution >= 0.6 is 0 Å². The van der Waals surface area contributed by atoms with E-state index in [2.05, 4.69) is 0 Å². The zero-order chi connectivity index (χ0) is 11.6. The van der Waals surface area contributed by atoms with Crippen LogP contribution in [0.3, 0.4) is 0 Å². The van der Waals surface area contributed by atoms with E-state index in [0.29, 0.717) is 0 Å². The van der Waals surface area contributed by atoms with Crippen molar-refractivity contribution in [1.29, 1.82) is 0 Å². The monoisotopic (exact) mass is 230 g/mol. The third-order valence-electron chi connectivity index (χ3n) is 3.82. The van der Waals surface area contributed by atoms with Gasteiger partial charge in [-0.05, 0) is 26.7 Å². The summed E-state index contributed by atoms with van der Waals surface area (Å²) >= 11 is 0. The maximum atomic E-state index is 9.91. The maximum absolute atomic E-state index is 9.91. The van der Waals surface area contributed by atoms with Crippen molar-refractivity contribution in [3.05, 3.63) is 0 Å². The number of methoxy groups -OCH3 is 1. The lowest BCUT2D eigenvalue weighted by molar-refractivity contribution is -0.289. The SMILES string of the molecule is COC1O[C@]2(CC[C@@H]2O)C2OC(C)(C)OC12. The summed E-state index contributed by atoms with van der Waals surface area (Å²) in [5.74, 6) is -0.627. The van der Waals surface area contributed by atoms with Gasteiger partial charge in [0.2, 0.25) is 0 Å². The lowest BCUT2D eigenvalue weighted by Gasteiger charge is -2.45. The van der Waals surface area contributed by atoms with Crippen molar-refractivity contribution in [2.75, 3.05) is 7.11 Å². The molecule has 0 bridgehead atoms. The highest BCUT2D eigenvalue weighted by Crippen LogP contribution is 2.52. The number of hydrogen-bond acceptors (Lipinski definition) is 5. The highest BCUT2D eigenvalue weighted by atomic mass is 16.8. The smallest absolute Gasteiger partial charge is 0.187 e. The Morgan fingerprint density at radius 3 is 2.50 bits per heavy atom. The number of fused-ring (bicyclic) bond motifs is 2. The summed E-state index contributed by atoms with van der Waals surface area (Å²) in [6, 6.07) is 0. The Morgan fingerprint density at radius 1 is 1.25 bits per heavy atom. The first-order valence-electron chi connectivity index (χ1n) is 5.73. The highest BCUT2D eigenvalue weighted by Gasteiger charge is 2.68. The second kappa shape index (κ2) is 3.17. The molecule has 3 fully saturated rings. The first-order valence-corrected chi connectivity index (χ1v) is 5.73. The summed E-state index contributed by atoms with van der Waals surface area (Å²) in [7, 11) is 1.58. The number of aliphatic hydroxyl groups excluding tert-OH is 1. The molecule has 5 nitrogen and oxygen atoms in total. The molecule has 0 aromatic rings. The Hall–Kier alpha value is -0.200. The van der Waals surface area contributed by atoms with E-state index in [1.807, 2.05) is 13.8 Å². The standard InChI is InChI=1S/C11H18O5/c1-10(2)14-7-8(15-10)11(5-4-6(11)12)16-9(7)13-3/h6-9,12H,4-5H2,1-3H3/t6-,7?,8?,9?,11-/m0/s1. The summed E-state index contributed by atoms with van der Waals surface area (Å²) in [4.78, 5) is 0. The predicted molar refractivity (Wildman–Crippen MR) is 53.7 cm³/mol. The minimum atomic E-state index is -0.627. The molecule has 1 saturated carbocycles. The third kappa shape index (κ3) is 1.23. The Bertz CT molecular complexity index is 305. The molecule has 3 rings (SSSR count). The fourth-order valence-corrected chi connectivity index (χ4v) is 2.93. The molecule has 2 aliphatic heterocycles. The highest BCUT2D eigenvalue weighted by molar-refractivity contribution is 5.13. The van der Waals surface area contributed by atoms with Crippen molar-refractivity contribution in [2.45, 2.75) is 62.7 Å². The molecule has 5 atom stereocenters. The molecular formula is C11H18O5. The fraction of sp³-hybridized carbons (Fsp3) is 1.00. The molecule has 0 aromatic carbocycles. The van der Waals surface area contributed by atoms with Crippen LogP contribution in [0.5, 0.6) is 0 Å². The van der Waals surface area contributed by atoms with E-state index in [1.54, 1.807) is 7.11 Å². The van der Waals surface area contributed by atoms with E-state index < -0.39 is 23.8 Å². The van der Waals surface area contributed by atoms with Crippen LogP contribution in [-0.4, -0.2) is 48.2 Å². The zero-order valence-electron chi connectivity index (χ0n) is 9.80. The Kier molecular flexibility index (Phi) is 2.17. The molecular weight excluding hydrogens is 212 g/mol. The maximum Gasteiger partial charge on any atom is 0.187 e. The second-order valence-corrected chi connectivity index (χ2v) is 5.25. The summed E-state index contributed by atoms with van der Waals surface area (Å²) in [5.41, 5.74) is -0.612. The molecule has 1 aliphatic carbocycles. The van der Waals surface area contributed by atoms with Crippen molar-refractivity contribution in [2.24, 2.45) is 0 Å². The molecule has 2 heterocycles. The minimum absolute atomic E-state index is 0.226. The van der Waals surface area contributed by atoms with Gasteiger partial charge < -0.3 is 24.1 Å². The van der Waals surface area contributed by atoms with Gasteiger partial charge in [0.1, 0.15) is 17.8 Å². The van der Waals surface area contributed by atoms with E-state index in [0.717, 1.165) is 12.8 Å². The molecule has 16 heavy (non-hydrogen) atoms. The van der Waals surface area contributed by atoms with E-state index in [1.165, 1.54) is 0 Å². The molecule has 92 valence electrons. The van der Waals surface area contributed by atoms with Crippen molar-refractivity contribution >= 4 is 0 Å². The van der Waals surface area contributed by atoms with Gasteiger partial charge in [-0.25, -0.2) is 0 Å². The van der Waals surface area contributed by atoms with Gasteiger partial charge in [-0.2, -0.15) is 0 Å². The zero-order valence-corrected chi connectivity index (χ0v) is 9.80. The number of rotatable bonds is 1. The van der Waals surface area contributed by atoms with Gasteiger partial charge in [-0.15, -0.1) is 0 Å². The average molecular weight is 230 g/mol. The van der Waals surface area contributed by atoms with Crippen LogP contribution < -0.4 is 0 Å². The van der Waals surface area contributed by atoms with Gasteiger partial charge in [0.15, 0.2) is 12.1 Å². The molecule has 3 aliphatic rings. The van der Waals surface area contributed by atoms with Crippen LogP contribution in [0, 0.1) is 0 Å². The fourth-order valence-electron chi connectivity index (χ4n) is 2.93. The first-order chi connectivity index (χ1) is 7.48. The molecule has 2 saturated heterocycles. The van der Waals surface area contributed by atoms with Crippen LogP contribution in [0.2, 0.25) is 0 Å². The molecule has 0 aromatic heterocycles. The minimum Gasteiger partial charge on any atom is -0.390 e. The van der Waals surface area contributed by atoms with E-state index >= 15 is 0 Å². The summed E-state index contributed by atoms with van der Waals surface area (Å²) in [5, 5.41) is 9.91. The molecule has 1 N–H and O–H groups in total. The first kappa shape index (κ1) is 10.9. The van der Waals surface area contributed by atoms with Crippen LogP contribution in [0.25, 0.3) is 0 Å². The van der Waals surface area contributed by atoms with E-state index in [-0.39, 0.29) is 12.2 Å². The Balaban J connectivity index is 1.89. The van der Waals surface area contributed by atoms with Crippen molar-refractivity contribution < 1.29 is 24.1 Å². The van der Waals surface area contributed by atoms with Crippen LogP contribution in [0.15, 0.2) is 0 Å². The van der Waals surface area contributed by atoms with Crippen LogP contribution in [0.1, 0.15) is 26.7 Å². The predicted octanol–water partition coefficient (Wildman–Crippen LogP) is 0.403. The van der Waals surface area contributed by atoms with E-state index in [4.69, 9.17) is 18.9 Å². The normalized spacial score (nSPS) is 54.0. The topological polar surface area (TPSA) is 57.2 Å². The van der Waals surface area contributed by atoms with Gasteiger partial charge in [0.25, 0.3) is 0 Å². The van der Waals surface area contributed by atoms with Gasteiger partial charge in [0.05, 0.1) is 6.10 Å². The van der Waals surface area contributed by atoms with Gasteiger partial charge in [0, 0.05) is 7.11 Å². The third-order valence-corrected chi connectivity index (χ3v) is 3.82. The molecule has 3 unspecified atom stereocenters. The largest absolute Gasteiger partial charge is 0.390 e.